The normalized spacial score (nSPS) is 15.9. The van der Waals surface area contributed by atoms with Crippen LogP contribution in [0, 0.1) is 5.82 Å². The van der Waals surface area contributed by atoms with Crippen molar-refractivity contribution in [3.63, 3.8) is 0 Å². The molecule has 1 aliphatic rings. The molecule has 144 valence electrons. The molecule has 0 spiro atoms. The van der Waals surface area contributed by atoms with Crippen molar-refractivity contribution in [2.45, 2.75) is 12.6 Å². The average Bonchev–Trinajstić information content (AvgIpc) is 2.66. The third-order valence-electron chi connectivity index (χ3n) is 4.81. The van der Waals surface area contributed by atoms with Crippen molar-refractivity contribution in [3.8, 4) is 0 Å². The molecule has 0 saturated carbocycles. The highest BCUT2D eigenvalue weighted by Crippen LogP contribution is 2.33. The number of nitrogens with one attached hydrogen (secondary N) is 2. The number of hydrogen-bond acceptors (Lipinski definition) is 3. The van der Waals surface area contributed by atoms with Crippen molar-refractivity contribution in [1.29, 1.82) is 0 Å². The molecule has 2 aromatic carbocycles. The number of benzene rings is 2. The molecule has 1 aromatic heterocycles. The third-order valence-corrected chi connectivity index (χ3v) is 5.03. The van der Waals surface area contributed by atoms with Crippen LogP contribution in [0.15, 0.2) is 47.3 Å². The van der Waals surface area contributed by atoms with Gasteiger partial charge in [-0.3, -0.25) is 4.79 Å². The van der Waals surface area contributed by atoms with Gasteiger partial charge in [-0.05, 0) is 29.7 Å². The van der Waals surface area contributed by atoms with Gasteiger partial charge in [-0.2, -0.15) is 0 Å². The lowest BCUT2D eigenvalue weighted by atomic mass is 9.96. The molecule has 8 heteroatoms. The predicted molar refractivity (Wildman–Crippen MR) is 105 cm³/mol. The number of carbonyl (C=O) groups is 1. The fraction of sp³-hybridized carbons (Fsp3) is 0.200. The predicted octanol–water partition coefficient (Wildman–Crippen LogP) is 4.06. The van der Waals surface area contributed by atoms with Crippen LogP contribution < -0.4 is 10.9 Å². The van der Waals surface area contributed by atoms with Crippen LogP contribution in [0.25, 0.3) is 10.8 Å². The van der Waals surface area contributed by atoms with E-state index in [1.54, 1.807) is 19.2 Å². The van der Waals surface area contributed by atoms with E-state index in [0.29, 0.717) is 11.1 Å². The molecule has 0 aliphatic carbocycles. The molecule has 4 rings (SSSR count). The number of amides is 2. The van der Waals surface area contributed by atoms with Gasteiger partial charge < -0.3 is 19.9 Å². The summed E-state index contributed by atoms with van der Waals surface area (Å²) in [6, 6.07) is 10.2. The second-order valence-electron chi connectivity index (χ2n) is 6.62. The van der Waals surface area contributed by atoms with Gasteiger partial charge in [0.05, 0.1) is 19.3 Å². The molecule has 3 aromatic rings. The van der Waals surface area contributed by atoms with Crippen molar-refractivity contribution in [1.82, 2.24) is 9.88 Å². The van der Waals surface area contributed by atoms with Crippen LogP contribution in [-0.2, 0) is 11.3 Å². The second kappa shape index (κ2) is 7.26. The Hall–Kier alpha value is -2.90. The lowest BCUT2D eigenvalue weighted by Gasteiger charge is -2.33. The molecule has 0 saturated heterocycles. The fourth-order valence-corrected chi connectivity index (χ4v) is 3.71. The minimum absolute atomic E-state index is 0.188. The molecular weight excluding hydrogens is 385 g/mol. The topological polar surface area (TPSA) is 74.4 Å². The van der Waals surface area contributed by atoms with E-state index in [-0.39, 0.29) is 29.5 Å². The van der Waals surface area contributed by atoms with Gasteiger partial charge in [0.25, 0.3) is 5.56 Å². The van der Waals surface area contributed by atoms with E-state index in [1.807, 2.05) is 12.1 Å². The Morgan fingerprint density at radius 3 is 2.79 bits per heavy atom. The van der Waals surface area contributed by atoms with Crippen LogP contribution in [0.2, 0.25) is 5.02 Å². The number of H-pyrrole nitrogens is 1. The molecule has 2 heterocycles. The number of pyridine rings is 1. The number of aromatic amines is 1. The lowest BCUT2D eigenvalue weighted by Crippen LogP contribution is -2.39. The largest absolute Gasteiger partial charge is 0.373 e. The highest BCUT2D eigenvalue weighted by atomic mass is 35.5. The summed E-state index contributed by atoms with van der Waals surface area (Å²) in [5, 5.41) is 4.17. The summed E-state index contributed by atoms with van der Waals surface area (Å²) in [7, 11) is 1.62. The van der Waals surface area contributed by atoms with Crippen LogP contribution >= 0.6 is 11.6 Å². The molecular formula is C20H17ClFN3O3. The molecule has 28 heavy (non-hydrogen) atoms. The summed E-state index contributed by atoms with van der Waals surface area (Å²) in [5.41, 5.74) is 1.55. The Labute approximate surface area is 164 Å². The maximum Gasteiger partial charge on any atom is 0.322 e. The summed E-state index contributed by atoms with van der Waals surface area (Å²) in [6.07, 6.45) is 0. The van der Waals surface area contributed by atoms with E-state index in [4.69, 9.17) is 16.3 Å². The smallest absolute Gasteiger partial charge is 0.322 e. The molecule has 1 atom stereocenters. The van der Waals surface area contributed by atoms with Crippen molar-refractivity contribution < 1.29 is 13.9 Å². The quantitative estimate of drug-likeness (QED) is 0.680. The minimum Gasteiger partial charge on any atom is -0.373 e. The first kappa shape index (κ1) is 18.5. The van der Waals surface area contributed by atoms with Crippen LogP contribution in [-0.4, -0.2) is 29.6 Å². The van der Waals surface area contributed by atoms with Gasteiger partial charge in [0.1, 0.15) is 5.82 Å². The number of anilines is 1. The van der Waals surface area contributed by atoms with Crippen LogP contribution in [0.1, 0.15) is 17.3 Å². The standard InChI is InChI=1S/C20H17ClFN3O3/c1-25(20(27)23-13-7-11(21)6-12(22)8-13)17-10-28-9-16-18(17)14-4-2-3-5-15(14)19(26)24-16/h2-8,17H,9-10H2,1H3,(H,23,27)(H,24,26). The summed E-state index contributed by atoms with van der Waals surface area (Å²) in [6.45, 7) is 0.539. The van der Waals surface area contributed by atoms with Gasteiger partial charge in [0, 0.05) is 34.4 Å². The molecule has 0 radical (unpaired) electrons. The van der Waals surface area contributed by atoms with Crippen molar-refractivity contribution in [3.05, 3.63) is 74.9 Å². The van der Waals surface area contributed by atoms with Crippen LogP contribution in [0.4, 0.5) is 14.9 Å². The second-order valence-corrected chi connectivity index (χ2v) is 7.06. The molecule has 1 unspecified atom stereocenters. The maximum atomic E-state index is 13.5. The zero-order chi connectivity index (χ0) is 19.8. The fourth-order valence-electron chi connectivity index (χ4n) is 3.49. The molecule has 1 aliphatic heterocycles. The number of urea groups is 1. The Bertz CT molecular complexity index is 1110. The number of nitrogens with zero attached hydrogens (tertiary/aromatic N) is 1. The number of aromatic nitrogens is 1. The first-order valence-electron chi connectivity index (χ1n) is 8.65. The Morgan fingerprint density at radius 2 is 2.04 bits per heavy atom. The Balaban J connectivity index is 1.70. The van der Waals surface area contributed by atoms with Gasteiger partial charge in [0.2, 0.25) is 0 Å². The highest BCUT2D eigenvalue weighted by molar-refractivity contribution is 6.30. The molecule has 6 nitrogen and oxygen atoms in total. The van der Waals surface area contributed by atoms with Gasteiger partial charge in [-0.15, -0.1) is 0 Å². The Morgan fingerprint density at radius 1 is 1.29 bits per heavy atom. The Kier molecular flexibility index (Phi) is 4.78. The first-order valence-corrected chi connectivity index (χ1v) is 9.03. The van der Waals surface area contributed by atoms with Gasteiger partial charge in [-0.25, -0.2) is 9.18 Å². The number of carbonyl (C=O) groups excluding carboxylic acids is 1. The lowest BCUT2D eigenvalue weighted by molar-refractivity contribution is 0.0527. The van der Waals surface area contributed by atoms with Crippen molar-refractivity contribution in [2.24, 2.45) is 0 Å². The maximum absolute atomic E-state index is 13.5. The number of fused-ring (bicyclic) bond motifs is 3. The zero-order valence-corrected chi connectivity index (χ0v) is 15.7. The molecule has 2 amide bonds. The average molecular weight is 402 g/mol. The van der Waals surface area contributed by atoms with Gasteiger partial charge in [0.15, 0.2) is 0 Å². The van der Waals surface area contributed by atoms with Gasteiger partial charge in [-0.1, -0.05) is 29.8 Å². The van der Waals surface area contributed by atoms with Crippen LogP contribution in [0.3, 0.4) is 0 Å². The zero-order valence-electron chi connectivity index (χ0n) is 15.0. The van der Waals surface area contributed by atoms with E-state index in [0.717, 1.165) is 17.0 Å². The summed E-state index contributed by atoms with van der Waals surface area (Å²) < 4.78 is 19.1. The first-order chi connectivity index (χ1) is 13.4. The molecule has 2 N–H and O–H groups in total. The van der Waals surface area contributed by atoms with E-state index >= 15 is 0 Å². The van der Waals surface area contributed by atoms with Crippen molar-refractivity contribution in [2.75, 3.05) is 19.0 Å². The monoisotopic (exact) mass is 401 g/mol. The van der Waals surface area contributed by atoms with E-state index in [9.17, 15) is 14.0 Å². The van der Waals surface area contributed by atoms with Crippen LogP contribution in [0.5, 0.6) is 0 Å². The number of likely N-dealkylation sites (N-methyl/N-ethyl adjacent to an activating group) is 1. The number of halogens is 2. The number of hydrogen-bond donors (Lipinski definition) is 2. The highest BCUT2D eigenvalue weighted by Gasteiger charge is 2.30. The SMILES string of the molecule is CN(C(=O)Nc1cc(F)cc(Cl)c1)C1COCc2[nH]c(=O)c3ccccc3c21. The molecule has 0 bridgehead atoms. The van der Waals surface area contributed by atoms with E-state index in [1.165, 1.54) is 17.0 Å². The van der Waals surface area contributed by atoms with E-state index in [2.05, 4.69) is 10.3 Å². The summed E-state index contributed by atoms with van der Waals surface area (Å²) in [4.78, 5) is 29.4. The van der Waals surface area contributed by atoms with Gasteiger partial charge >= 0.3 is 6.03 Å². The minimum atomic E-state index is -0.541. The van der Waals surface area contributed by atoms with E-state index < -0.39 is 17.9 Å². The third kappa shape index (κ3) is 3.34. The summed E-state index contributed by atoms with van der Waals surface area (Å²) >= 11 is 5.85. The summed E-state index contributed by atoms with van der Waals surface area (Å²) in [5.74, 6) is -0.541. The van der Waals surface area contributed by atoms with Crippen molar-refractivity contribution >= 4 is 34.1 Å². The molecule has 0 fully saturated rings. The number of rotatable bonds is 2. The number of ether oxygens (including phenoxy) is 1.